The van der Waals surface area contributed by atoms with Crippen LogP contribution >= 0.6 is 11.8 Å². The third-order valence-electron chi connectivity index (χ3n) is 2.21. The van der Waals surface area contributed by atoms with Crippen molar-refractivity contribution >= 4 is 17.4 Å². The van der Waals surface area contributed by atoms with Gasteiger partial charge in [-0.1, -0.05) is 6.07 Å². The monoisotopic (exact) mass is 241 g/mol. The molecule has 4 heteroatoms. The molecule has 0 heterocycles. The molecule has 0 radical (unpaired) electrons. The second-order valence-corrected chi connectivity index (χ2v) is 4.58. The average Bonchev–Trinajstić information content (AvgIpc) is 2.30. The third-order valence-corrected chi connectivity index (χ3v) is 3.30. The Morgan fingerprint density at radius 3 is 2.81 bits per heavy atom. The van der Waals surface area contributed by atoms with Crippen LogP contribution in [0.15, 0.2) is 18.2 Å². The molecule has 0 saturated heterocycles. The summed E-state index contributed by atoms with van der Waals surface area (Å²) >= 11 is 1.88. The highest BCUT2D eigenvalue weighted by Gasteiger charge is 2.03. The molecule has 0 saturated carbocycles. The van der Waals surface area contributed by atoms with Gasteiger partial charge in [0.1, 0.15) is 5.75 Å². The standard InChI is InChI=1S/C12H19NO2S/c1-14-6-3-7-16-9-10-4-5-11(13)8-12(10)15-2/h4-5,8H,3,6-7,9,13H2,1-2H3. The Bertz CT molecular complexity index is 318. The largest absolute Gasteiger partial charge is 0.496 e. The van der Waals surface area contributed by atoms with Crippen molar-refractivity contribution < 1.29 is 9.47 Å². The van der Waals surface area contributed by atoms with Gasteiger partial charge in [-0.05, 0) is 18.2 Å². The molecule has 16 heavy (non-hydrogen) atoms. The van der Waals surface area contributed by atoms with E-state index in [0.717, 1.165) is 36.0 Å². The van der Waals surface area contributed by atoms with E-state index in [2.05, 4.69) is 0 Å². The summed E-state index contributed by atoms with van der Waals surface area (Å²) in [4.78, 5) is 0. The smallest absolute Gasteiger partial charge is 0.124 e. The Balaban J connectivity index is 2.41. The first kappa shape index (κ1) is 13.2. The molecule has 1 rings (SSSR count). The van der Waals surface area contributed by atoms with E-state index in [1.54, 1.807) is 14.2 Å². The molecular formula is C12H19NO2S. The van der Waals surface area contributed by atoms with E-state index in [4.69, 9.17) is 15.2 Å². The zero-order valence-corrected chi connectivity index (χ0v) is 10.7. The number of anilines is 1. The lowest BCUT2D eigenvalue weighted by atomic mass is 10.2. The maximum atomic E-state index is 5.69. The Morgan fingerprint density at radius 2 is 2.12 bits per heavy atom. The van der Waals surface area contributed by atoms with Gasteiger partial charge in [0.25, 0.3) is 0 Å². The summed E-state index contributed by atoms with van der Waals surface area (Å²) in [6.07, 6.45) is 1.08. The number of methoxy groups -OCH3 is 2. The summed E-state index contributed by atoms with van der Waals surface area (Å²) < 4.78 is 10.3. The first-order valence-electron chi connectivity index (χ1n) is 5.27. The Labute approximate surface area is 101 Å². The Kier molecular flexibility index (Phi) is 6.11. The lowest BCUT2D eigenvalue weighted by Crippen LogP contribution is -1.95. The molecule has 0 bridgehead atoms. The SMILES string of the molecule is COCCCSCc1ccc(N)cc1OC. The molecule has 0 unspecified atom stereocenters. The number of thioether (sulfide) groups is 1. The van der Waals surface area contributed by atoms with Crippen molar-refractivity contribution in [2.75, 3.05) is 32.3 Å². The second kappa shape index (κ2) is 7.41. The van der Waals surface area contributed by atoms with Gasteiger partial charge < -0.3 is 15.2 Å². The summed E-state index contributed by atoms with van der Waals surface area (Å²) in [7, 11) is 3.40. The molecule has 90 valence electrons. The van der Waals surface area contributed by atoms with Gasteiger partial charge in [0.15, 0.2) is 0 Å². The van der Waals surface area contributed by atoms with Crippen LogP contribution in [0.5, 0.6) is 5.75 Å². The zero-order valence-electron chi connectivity index (χ0n) is 9.86. The normalized spacial score (nSPS) is 10.4. The molecule has 0 spiro atoms. The predicted octanol–water partition coefficient (Wildman–Crippen LogP) is 2.55. The van der Waals surface area contributed by atoms with E-state index in [9.17, 15) is 0 Å². The first-order valence-corrected chi connectivity index (χ1v) is 6.42. The van der Waals surface area contributed by atoms with Gasteiger partial charge in [-0.15, -0.1) is 0 Å². The van der Waals surface area contributed by atoms with Crippen molar-refractivity contribution in [3.8, 4) is 5.75 Å². The minimum absolute atomic E-state index is 0.741. The number of rotatable bonds is 7. The fraction of sp³-hybridized carbons (Fsp3) is 0.500. The highest BCUT2D eigenvalue weighted by Crippen LogP contribution is 2.25. The number of ether oxygens (including phenoxy) is 2. The number of nitrogen functional groups attached to an aromatic ring is 1. The van der Waals surface area contributed by atoms with Crippen LogP contribution in [0.2, 0.25) is 0 Å². The molecule has 0 aromatic heterocycles. The molecule has 0 aliphatic carbocycles. The van der Waals surface area contributed by atoms with Gasteiger partial charge in [-0.25, -0.2) is 0 Å². The van der Waals surface area contributed by atoms with E-state index >= 15 is 0 Å². The number of hydrogen-bond acceptors (Lipinski definition) is 4. The molecule has 1 aromatic rings. The zero-order chi connectivity index (χ0) is 11.8. The minimum atomic E-state index is 0.741. The molecular weight excluding hydrogens is 222 g/mol. The minimum Gasteiger partial charge on any atom is -0.496 e. The molecule has 0 amide bonds. The fourth-order valence-electron chi connectivity index (χ4n) is 1.37. The van der Waals surface area contributed by atoms with E-state index in [1.807, 2.05) is 30.0 Å². The number of nitrogens with two attached hydrogens (primary N) is 1. The van der Waals surface area contributed by atoms with Crippen molar-refractivity contribution in [1.82, 2.24) is 0 Å². The molecule has 0 fully saturated rings. The van der Waals surface area contributed by atoms with Gasteiger partial charge in [0.05, 0.1) is 7.11 Å². The van der Waals surface area contributed by atoms with Crippen molar-refractivity contribution in [2.45, 2.75) is 12.2 Å². The van der Waals surface area contributed by atoms with Crippen LogP contribution in [-0.4, -0.2) is 26.6 Å². The van der Waals surface area contributed by atoms with Crippen molar-refractivity contribution in [1.29, 1.82) is 0 Å². The lowest BCUT2D eigenvalue weighted by Gasteiger charge is -2.08. The maximum Gasteiger partial charge on any atom is 0.124 e. The lowest BCUT2D eigenvalue weighted by molar-refractivity contribution is 0.200. The summed E-state index contributed by atoms with van der Waals surface area (Å²) in [5.41, 5.74) is 7.63. The van der Waals surface area contributed by atoms with Crippen LogP contribution in [0.1, 0.15) is 12.0 Å². The summed E-state index contributed by atoms with van der Waals surface area (Å²) in [5, 5.41) is 0. The highest BCUT2D eigenvalue weighted by molar-refractivity contribution is 7.98. The number of benzene rings is 1. The average molecular weight is 241 g/mol. The van der Waals surface area contributed by atoms with Gasteiger partial charge in [0.2, 0.25) is 0 Å². The summed E-state index contributed by atoms with van der Waals surface area (Å²) in [6.45, 7) is 0.825. The van der Waals surface area contributed by atoms with Crippen LogP contribution < -0.4 is 10.5 Å². The molecule has 3 nitrogen and oxygen atoms in total. The van der Waals surface area contributed by atoms with Crippen LogP contribution in [-0.2, 0) is 10.5 Å². The first-order chi connectivity index (χ1) is 7.77. The topological polar surface area (TPSA) is 44.5 Å². The van der Waals surface area contributed by atoms with Crippen LogP contribution in [0.25, 0.3) is 0 Å². The van der Waals surface area contributed by atoms with Crippen molar-refractivity contribution in [3.63, 3.8) is 0 Å². The van der Waals surface area contributed by atoms with Gasteiger partial charge in [-0.2, -0.15) is 11.8 Å². The summed E-state index contributed by atoms with van der Waals surface area (Å²) in [6, 6.07) is 5.80. The van der Waals surface area contributed by atoms with E-state index in [0.29, 0.717) is 0 Å². The second-order valence-electron chi connectivity index (χ2n) is 3.47. The van der Waals surface area contributed by atoms with E-state index in [-0.39, 0.29) is 0 Å². The van der Waals surface area contributed by atoms with E-state index < -0.39 is 0 Å². The molecule has 0 aliphatic heterocycles. The Hall–Kier alpha value is -0.870. The molecule has 0 atom stereocenters. The molecule has 1 aromatic carbocycles. The quantitative estimate of drug-likeness (QED) is 0.588. The van der Waals surface area contributed by atoms with Crippen molar-refractivity contribution in [3.05, 3.63) is 23.8 Å². The molecule has 0 aliphatic rings. The van der Waals surface area contributed by atoms with Crippen molar-refractivity contribution in [2.24, 2.45) is 0 Å². The summed E-state index contributed by atoms with van der Waals surface area (Å²) in [5.74, 6) is 2.92. The van der Waals surface area contributed by atoms with Crippen LogP contribution in [0, 0.1) is 0 Å². The van der Waals surface area contributed by atoms with Crippen LogP contribution in [0.4, 0.5) is 5.69 Å². The fourth-order valence-corrected chi connectivity index (χ4v) is 2.29. The molecule has 2 N–H and O–H groups in total. The van der Waals surface area contributed by atoms with Gasteiger partial charge in [0, 0.05) is 36.8 Å². The van der Waals surface area contributed by atoms with Gasteiger partial charge >= 0.3 is 0 Å². The third kappa shape index (κ3) is 4.33. The van der Waals surface area contributed by atoms with Gasteiger partial charge in [-0.3, -0.25) is 0 Å². The predicted molar refractivity (Wildman–Crippen MR) is 70.1 cm³/mol. The van der Waals surface area contributed by atoms with Crippen LogP contribution in [0.3, 0.4) is 0 Å². The van der Waals surface area contributed by atoms with E-state index in [1.165, 1.54) is 5.56 Å². The Morgan fingerprint density at radius 1 is 1.31 bits per heavy atom. The maximum absolute atomic E-state index is 5.69. The number of hydrogen-bond donors (Lipinski definition) is 1. The highest BCUT2D eigenvalue weighted by atomic mass is 32.2.